The highest BCUT2D eigenvalue weighted by Gasteiger charge is 2.60. The number of nitrogens with two attached hydrogens (primary N) is 1. The lowest BCUT2D eigenvalue weighted by molar-refractivity contribution is -0.0215. The van der Waals surface area contributed by atoms with E-state index in [0.29, 0.717) is 16.7 Å². The van der Waals surface area contributed by atoms with Gasteiger partial charge in [0, 0.05) is 5.92 Å². The van der Waals surface area contributed by atoms with Gasteiger partial charge in [0.15, 0.2) is 5.11 Å². The lowest BCUT2D eigenvalue weighted by Crippen LogP contribution is -2.53. The van der Waals surface area contributed by atoms with Gasteiger partial charge in [0.05, 0.1) is 5.71 Å². The molecule has 4 aliphatic carbocycles. The predicted molar refractivity (Wildman–Crippen MR) is 140 cm³/mol. The van der Waals surface area contributed by atoms with E-state index < -0.39 is 0 Å². The van der Waals surface area contributed by atoms with E-state index in [1.54, 1.807) is 5.57 Å². The number of nitrogens with one attached hydrogen (secondary N) is 1. The Morgan fingerprint density at radius 1 is 1.12 bits per heavy atom. The van der Waals surface area contributed by atoms with Crippen LogP contribution in [0.25, 0.3) is 0 Å². The van der Waals surface area contributed by atoms with E-state index in [-0.39, 0.29) is 5.11 Å². The second-order valence-electron chi connectivity index (χ2n) is 12.6. The van der Waals surface area contributed by atoms with Crippen LogP contribution in [0.2, 0.25) is 0 Å². The number of hydrogen-bond acceptors (Lipinski definition) is 2. The molecule has 0 aromatic rings. The molecule has 32 heavy (non-hydrogen) atoms. The normalized spacial score (nSPS) is 40.9. The number of thiocarbonyl (C=S) groups is 1. The average molecular weight is 458 g/mol. The molecular weight excluding hydrogens is 410 g/mol. The molecule has 3 saturated carbocycles. The molecule has 4 heteroatoms. The van der Waals surface area contributed by atoms with Crippen molar-refractivity contribution in [2.75, 3.05) is 0 Å². The number of allylic oxidation sites excluding steroid dienone is 2. The maximum Gasteiger partial charge on any atom is 0.184 e. The van der Waals surface area contributed by atoms with Gasteiger partial charge < -0.3 is 5.73 Å². The molecular formula is C28H47N3S. The molecule has 0 heterocycles. The number of nitrogens with zero attached hydrogens (tertiary/aromatic N) is 1. The summed E-state index contributed by atoms with van der Waals surface area (Å²) in [6.45, 7) is 12.5. The Hall–Kier alpha value is -0.900. The van der Waals surface area contributed by atoms with E-state index in [4.69, 9.17) is 23.1 Å². The third-order valence-electron chi connectivity index (χ3n) is 10.4. The van der Waals surface area contributed by atoms with Crippen LogP contribution < -0.4 is 11.2 Å². The monoisotopic (exact) mass is 457 g/mol. The van der Waals surface area contributed by atoms with Crippen LogP contribution in [0, 0.1) is 46.3 Å². The van der Waals surface area contributed by atoms with Crippen molar-refractivity contribution >= 4 is 23.0 Å². The Morgan fingerprint density at radius 3 is 2.62 bits per heavy atom. The topological polar surface area (TPSA) is 50.4 Å². The molecule has 180 valence electrons. The van der Waals surface area contributed by atoms with Crippen LogP contribution in [0.15, 0.2) is 16.8 Å². The van der Waals surface area contributed by atoms with Crippen LogP contribution in [0.5, 0.6) is 0 Å². The van der Waals surface area contributed by atoms with Gasteiger partial charge in [-0.1, -0.05) is 65.9 Å². The highest BCUT2D eigenvalue weighted by atomic mass is 32.1. The van der Waals surface area contributed by atoms with E-state index in [9.17, 15) is 0 Å². The number of hydrogen-bond donors (Lipinski definition) is 2. The van der Waals surface area contributed by atoms with E-state index in [1.807, 2.05) is 0 Å². The summed E-state index contributed by atoms with van der Waals surface area (Å²) in [6, 6.07) is 0. The Balaban J connectivity index is 1.62. The SMILES string of the molecule is CC(C)CCC[C@@H](C)[C@H]1CC[C@H]2[C@@H]3/C(=N\NC(N)=S)C=C4CCCC[C@]4(C)[C@H]3CC[C@]12C. The molecule has 0 aliphatic heterocycles. The maximum absolute atomic E-state index is 5.79. The van der Waals surface area contributed by atoms with Gasteiger partial charge in [-0.15, -0.1) is 0 Å². The fourth-order valence-corrected chi connectivity index (χ4v) is 8.75. The molecule has 0 unspecified atom stereocenters. The molecule has 0 amide bonds. The van der Waals surface area contributed by atoms with Crippen LogP contribution in [-0.2, 0) is 0 Å². The first kappa shape index (κ1) is 24.2. The second-order valence-corrected chi connectivity index (χ2v) is 13.0. The summed E-state index contributed by atoms with van der Waals surface area (Å²) in [6.07, 6.45) is 17.4. The molecule has 0 spiro atoms. The summed E-state index contributed by atoms with van der Waals surface area (Å²) in [5.74, 6) is 4.52. The van der Waals surface area contributed by atoms with Crippen LogP contribution in [-0.4, -0.2) is 10.8 Å². The number of hydrazone groups is 1. The van der Waals surface area contributed by atoms with Gasteiger partial charge in [-0.05, 0) is 104 Å². The van der Waals surface area contributed by atoms with Crippen LogP contribution in [0.3, 0.4) is 0 Å². The van der Waals surface area contributed by atoms with E-state index in [2.05, 4.69) is 46.1 Å². The third-order valence-corrected chi connectivity index (χ3v) is 10.5. The van der Waals surface area contributed by atoms with Crippen LogP contribution >= 0.6 is 12.2 Å². The molecule has 0 saturated heterocycles. The number of fused-ring (bicyclic) bond motifs is 5. The van der Waals surface area contributed by atoms with Gasteiger partial charge in [0.2, 0.25) is 0 Å². The predicted octanol–water partition coefficient (Wildman–Crippen LogP) is 7.22. The average Bonchev–Trinajstić information content (AvgIpc) is 3.08. The zero-order valence-electron chi connectivity index (χ0n) is 21.3. The van der Waals surface area contributed by atoms with E-state index >= 15 is 0 Å². The Kier molecular flexibility index (Phi) is 7.11. The first-order valence-electron chi connectivity index (χ1n) is 13.5. The Morgan fingerprint density at radius 2 is 1.91 bits per heavy atom. The Bertz CT molecular complexity index is 771. The Labute approximate surface area is 202 Å². The number of rotatable bonds is 6. The van der Waals surface area contributed by atoms with Gasteiger partial charge in [-0.25, -0.2) is 0 Å². The van der Waals surface area contributed by atoms with Gasteiger partial charge in [0.1, 0.15) is 0 Å². The second kappa shape index (κ2) is 9.39. The van der Waals surface area contributed by atoms with E-state index in [0.717, 1.165) is 29.6 Å². The first-order valence-corrected chi connectivity index (χ1v) is 13.9. The molecule has 4 rings (SSSR count). The summed E-state index contributed by atoms with van der Waals surface area (Å²) < 4.78 is 0. The highest BCUT2D eigenvalue weighted by molar-refractivity contribution is 7.80. The molecule has 3 nitrogen and oxygen atoms in total. The largest absolute Gasteiger partial charge is 0.375 e. The minimum absolute atomic E-state index is 0.283. The summed E-state index contributed by atoms with van der Waals surface area (Å²) in [5.41, 5.74) is 12.5. The van der Waals surface area contributed by atoms with Gasteiger partial charge >= 0.3 is 0 Å². The van der Waals surface area contributed by atoms with Crippen molar-refractivity contribution in [3.05, 3.63) is 11.6 Å². The summed E-state index contributed by atoms with van der Waals surface area (Å²) >= 11 is 5.11. The fraction of sp³-hybridized carbons (Fsp3) is 0.857. The molecule has 0 bridgehead atoms. The van der Waals surface area contributed by atoms with Crippen molar-refractivity contribution in [3.8, 4) is 0 Å². The summed E-state index contributed by atoms with van der Waals surface area (Å²) in [5, 5.41) is 5.13. The zero-order valence-corrected chi connectivity index (χ0v) is 22.1. The van der Waals surface area contributed by atoms with Crippen LogP contribution in [0.1, 0.15) is 105 Å². The lowest BCUT2D eigenvalue weighted by Gasteiger charge is -2.58. The minimum Gasteiger partial charge on any atom is -0.375 e. The van der Waals surface area contributed by atoms with Crippen molar-refractivity contribution < 1.29 is 0 Å². The van der Waals surface area contributed by atoms with Crippen molar-refractivity contribution in [1.29, 1.82) is 0 Å². The molecule has 0 radical (unpaired) electrons. The molecule has 4 aliphatic rings. The first-order chi connectivity index (χ1) is 15.2. The zero-order chi connectivity index (χ0) is 23.1. The van der Waals surface area contributed by atoms with Crippen molar-refractivity contribution in [3.63, 3.8) is 0 Å². The van der Waals surface area contributed by atoms with Crippen molar-refractivity contribution in [1.82, 2.24) is 5.43 Å². The van der Waals surface area contributed by atoms with Crippen LogP contribution in [0.4, 0.5) is 0 Å². The quantitative estimate of drug-likeness (QED) is 0.327. The fourth-order valence-electron chi connectivity index (χ4n) is 8.71. The molecule has 0 aromatic carbocycles. The van der Waals surface area contributed by atoms with Gasteiger partial charge in [-0.3, -0.25) is 5.43 Å². The smallest absolute Gasteiger partial charge is 0.184 e. The molecule has 7 atom stereocenters. The molecule has 0 aromatic heterocycles. The van der Waals surface area contributed by atoms with E-state index in [1.165, 1.54) is 76.3 Å². The van der Waals surface area contributed by atoms with Gasteiger partial charge in [0.25, 0.3) is 0 Å². The summed E-state index contributed by atoms with van der Waals surface area (Å²) in [7, 11) is 0. The molecule has 3 fully saturated rings. The minimum atomic E-state index is 0.283. The highest BCUT2D eigenvalue weighted by Crippen LogP contribution is 2.66. The third kappa shape index (κ3) is 4.30. The lowest BCUT2D eigenvalue weighted by atomic mass is 9.46. The molecule has 3 N–H and O–H groups in total. The standard InChI is InChI=1S/C28H47N3S/c1-18(2)9-8-10-19(3)21-12-13-22-25-23(14-16-28(21,22)5)27(4)15-7-6-11-20(27)17-24(25)30-31-26(29)32/h17-19,21-23,25H,6-16H2,1-5H3,(H3,29,31,32)/b30-24-/t19-,21-,22+,23+,25+,27+,28-/m1/s1. The summed E-state index contributed by atoms with van der Waals surface area (Å²) in [4.78, 5) is 0. The van der Waals surface area contributed by atoms with Crippen molar-refractivity contribution in [2.24, 2.45) is 57.2 Å². The van der Waals surface area contributed by atoms with Crippen molar-refractivity contribution in [2.45, 2.75) is 105 Å². The van der Waals surface area contributed by atoms with Gasteiger partial charge in [-0.2, -0.15) is 5.10 Å². The maximum atomic E-state index is 5.79.